The number of nitrogens with one attached hydrogen (secondary N) is 1. The fraction of sp³-hybridized carbons (Fsp3) is 0.150. The monoisotopic (exact) mass is 468 g/mol. The second-order valence-electron chi connectivity index (χ2n) is 6.11. The highest BCUT2D eigenvalue weighted by Crippen LogP contribution is 2.34. The molecule has 0 aliphatic carbocycles. The average Bonchev–Trinajstić information content (AvgIpc) is 2.96. The summed E-state index contributed by atoms with van der Waals surface area (Å²) in [6.07, 6.45) is 1.52. The number of rotatable bonds is 6. The lowest BCUT2D eigenvalue weighted by Crippen LogP contribution is -2.37. The second-order valence-corrected chi connectivity index (χ2v) is 7.92. The molecular formula is C20H15Cl2FN2O4S. The van der Waals surface area contributed by atoms with Crippen LogP contribution in [-0.2, 0) is 4.79 Å². The van der Waals surface area contributed by atoms with Crippen LogP contribution in [0.15, 0.2) is 41.3 Å². The van der Waals surface area contributed by atoms with Crippen LogP contribution in [0, 0.1) is 5.82 Å². The summed E-state index contributed by atoms with van der Waals surface area (Å²) in [6, 6.07) is 8.37. The van der Waals surface area contributed by atoms with Gasteiger partial charge in [0.2, 0.25) is 0 Å². The molecular weight excluding hydrogens is 454 g/mol. The predicted molar refractivity (Wildman–Crippen MR) is 114 cm³/mol. The second kappa shape index (κ2) is 9.51. The van der Waals surface area contributed by atoms with E-state index in [1.807, 2.05) is 0 Å². The van der Waals surface area contributed by atoms with Gasteiger partial charge in [0.25, 0.3) is 17.1 Å². The normalized spacial score (nSPS) is 15.1. The third-order valence-corrected chi connectivity index (χ3v) is 5.60. The number of benzene rings is 2. The highest BCUT2D eigenvalue weighted by Gasteiger charge is 2.34. The first-order chi connectivity index (χ1) is 14.3. The molecule has 3 amide bonds. The van der Waals surface area contributed by atoms with Gasteiger partial charge >= 0.3 is 0 Å². The maximum absolute atomic E-state index is 13.0. The zero-order valence-corrected chi connectivity index (χ0v) is 17.9. The van der Waals surface area contributed by atoms with Gasteiger partial charge in [0, 0.05) is 18.7 Å². The van der Waals surface area contributed by atoms with Gasteiger partial charge in [0.15, 0.2) is 5.75 Å². The molecule has 6 nitrogen and oxygen atoms in total. The molecule has 10 heteroatoms. The summed E-state index contributed by atoms with van der Waals surface area (Å²) in [6.45, 7) is 0.0384. The van der Waals surface area contributed by atoms with E-state index in [1.165, 1.54) is 49.6 Å². The van der Waals surface area contributed by atoms with Crippen molar-refractivity contribution in [1.82, 2.24) is 10.2 Å². The van der Waals surface area contributed by atoms with Crippen LogP contribution in [0.25, 0.3) is 6.08 Å². The molecule has 1 aliphatic heterocycles. The van der Waals surface area contributed by atoms with Crippen LogP contribution in [-0.4, -0.2) is 42.2 Å². The Hall–Kier alpha value is -2.55. The van der Waals surface area contributed by atoms with Crippen molar-refractivity contribution in [3.63, 3.8) is 0 Å². The SMILES string of the molecule is COc1c(Cl)cc(C(=O)NCCN2C(=O)S/C(=C\c3ccc(F)cc3)C2=O)cc1Cl. The zero-order valence-electron chi connectivity index (χ0n) is 15.6. The summed E-state index contributed by atoms with van der Waals surface area (Å²) in [5.41, 5.74) is 0.819. The van der Waals surface area contributed by atoms with Crippen LogP contribution >= 0.6 is 35.0 Å². The number of hydrogen-bond acceptors (Lipinski definition) is 5. The van der Waals surface area contributed by atoms with Gasteiger partial charge in [-0.3, -0.25) is 19.3 Å². The molecule has 1 aliphatic rings. The molecule has 0 bridgehead atoms. The van der Waals surface area contributed by atoms with Crippen LogP contribution in [0.1, 0.15) is 15.9 Å². The molecule has 0 spiro atoms. The summed E-state index contributed by atoms with van der Waals surface area (Å²) in [7, 11) is 1.41. The van der Waals surface area contributed by atoms with E-state index in [2.05, 4.69) is 5.32 Å². The van der Waals surface area contributed by atoms with E-state index in [0.717, 1.165) is 16.7 Å². The fourth-order valence-corrected chi connectivity index (χ4v) is 4.18. The minimum atomic E-state index is -0.473. The first-order valence-electron chi connectivity index (χ1n) is 8.62. The van der Waals surface area contributed by atoms with Crippen molar-refractivity contribution in [2.24, 2.45) is 0 Å². The molecule has 0 aromatic heterocycles. The Morgan fingerprint density at radius 3 is 2.43 bits per heavy atom. The Bertz CT molecular complexity index is 1020. The van der Waals surface area contributed by atoms with Gasteiger partial charge in [-0.2, -0.15) is 0 Å². The van der Waals surface area contributed by atoms with Crippen molar-refractivity contribution >= 4 is 58.1 Å². The molecule has 0 radical (unpaired) electrons. The molecule has 3 rings (SSSR count). The third-order valence-electron chi connectivity index (χ3n) is 4.13. The summed E-state index contributed by atoms with van der Waals surface area (Å²) >= 11 is 12.8. The van der Waals surface area contributed by atoms with E-state index in [9.17, 15) is 18.8 Å². The molecule has 2 aromatic carbocycles. The summed E-state index contributed by atoms with van der Waals surface area (Å²) in [4.78, 5) is 38.2. The smallest absolute Gasteiger partial charge is 0.293 e. The Kier molecular flexibility index (Phi) is 7.02. The third kappa shape index (κ3) is 4.95. The molecule has 1 saturated heterocycles. The Morgan fingerprint density at radius 1 is 1.20 bits per heavy atom. The van der Waals surface area contributed by atoms with Crippen molar-refractivity contribution in [2.45, 2.75) is 0 Å². The summed E-state index contributed by atoms with van der Waals surface area (Å²) in [5.74, 6) is -1.06. The number of nitrogens with zero attached hydrogens (tertiary/aromatic N) is 1. The van der Waals surface area contributed by atoms with Crippen molar-refractivity contribution in [2.75, 3.05) is 20.2 Å². The topological polar surface area (TPSA) is 75.7 Å². The summed E-state index contributed by atoms with van der Waals surface area (Å²) < 4.78 is 18.0. The Balaban J connectivity index is 1.61. The number of carbonyl (C=O) groups excluding carboxylic acids is 3. The van der Waals surface area contributed by atoms with Gasteiger partial charge in [-0.05, 0) is 47.7 Å². The van der Waals surface area contributed by atoms with Gasteiger partial charge in [0.05, 0.1) is 22.1 Å². The maximum atomic E-state index is 13.0. The van der Waals surface area contributed by atoms with Gasteiger partial charge < -0.3 is 10.1 Å². The van der Waals surface area contributed by atoms with Gasteiger partial charge in [-0.15, -0.1) is 0 Å². The maximum Gasteiger partial charge on any atom is 0.293 e. The zero-order chi connectivity index (χ0) is 21.8. The first-order valence-corrected chi connectivity index (χ1v) is 10.2. The van der Waals surface area contributed by atoms with E-state index < -0.39 is 22.9 Å². The highest BCUT2D eigenvalue weighted by molar-refractivity contribution is 8.18. The van der Waals surface area contributed by atoms with Crippen LogP contribution < -0.4 is 10.1 Å². The quantitative estimate of drug-likeness (QED) is 0.626. The molecule has 1 N–H and O–H groups in total. The van der Waals surface area contributed by atoms with Crippen LogP contribution in [0.2, 0.25) is 10.0 Å². The predicted octanol–water partition coefficient (Wildman–Crippen LogP) is 4.61. The van der Waals surface area contributed by atoms with Crippen LogP contribution in [0.4, 0.5) is 9.18 Å². The number of halogens is 3. The molecule has 0 atom stereocenters. The number of carbonyl (C=O) groups is 3. The lowest BCUT2D eigenvalue weighted by atomic mass is 10.2. The minimum absolute atomic E-state index is 0.00518. The molecule has 1 fully saturated rings. The van der Waals surface area contributed by atoms with Crippen molar-refractivity contribution in [3.8, 4) is 5.75 Å². The van der Waals surface area contributed by atoms with Gasteiger partial charge in [-0.25, -0.2) is 4.39 Å². The molecule has 2 aromatic rings. The van der Waals surface area contributed by atoms with Crippen molar-refractivity contribution < 1.29 is 23.5 Å². The van der Waals surface area contributed by atoms with Gasteiger partial charge in [0.1, 0.15) is 5.82 Å². The summed E-state index contributed by atoms with van der Waals surface area (Å²) in [5, 5.41) is 2.54. The lowest BCUT2D eigenvalue weighted by molar-refractivity contribution is -0.122. The lowest BCUT2D eigenvalue weighted by Gasteiger charge is -2.13. The number of amides is 3. The standard InChI is InChI=1S/C20H15Cl2FN2O4S/c1-29-17-14(21)9-12(10-15(17)22)18(26)24-6-7-25-19(27)16(30-20(25)28)8-11-2-4-13(23)5-3-11/h2-5,8-10H,6-7H2,1H3,(H,24,26)/b16-8-. The van der Waals surface area contributed by atoms with Crippen LogP contribution in [0.5, 0.6) is 5.75 Å². The Morgan fingerprint density at radius 2 is 1.83 bits per heavy atom. The molecule has 0 unspecified atom stereocenters. The number of hydrogen-bond donors (Lipinski definition) is 1. The minimum Gasteiger partial charge on any atom is -0.494 e. The molecule has 30 heavy (non-hydrogen) atoms. The van der Waals surface area contributed by atoms with Crippen LogP contribution in [0.3, 0.4) is 0 Å². The number of imide groups is 1. The first kappa shape index (κ1) is 22.1. The van der Waals surface area contributed by atoms with E-state index >= 15 is 0 Å². The molecule has 1 heterocycles. The van der Waals surface area contributed by atoms with E-state index in [0.29, 0.717) is 5.56 Å². The number of ether oxygens (including phenoxy) is 1. The number of methoxy groups -OCH3 is 1. The average molecular weight is 469 g/mol. The van der Waals surface area contributed by atoms with Crippen molar-refractivity contribution in [3.05, 3.63) is 68.3 Å². The van der Waals surface area contributed by atoms with Gasteiger partial charge in [-0.1, -0.05) is 35.3 Å². The van der Waals surface area contributed by atoms with E-state index in [4.69, 9.17) is 27.9 Å². The van der Waals surface area contributed by atoms with Crippen molar-refractivity contribution in [1.29, 1.82) is 0 Å². The Labute approximate surface area is 186 Å². The highest BCUT2D eigenvalue weighted by atomic mass is 35.5. The molecule has 0 saturated carbocycles. The largest absolute Gasteiger partial charge is 0.494 e. The molecule has 156 valence electrons. The number of thioether (sulfide) groups is 1. The van der Waals surface area contributed by atoms with E-state index in [-0.39, 0.29) is 39.4 Å². The van der Waals surface area contributed by atoms with E-state index in [1.54, 1.807) is 0 Å². The fourth-order valence-electron chi connectivity index (χ4n) is 2.67.